The van der Waals surface area contributed by atoms with Gasteiger partial charge in [0.1, 0.15) is 5.75 Å². The van der Waals surface area contributed by atoms with Crippen molar-refractivity contribution in [3.05, 3.63) is 29.8 Å². The molecule has 1 aromatic carbocycles. The van der Waals surface area contributed by atoms with Gasteiger partial charge in [-0.3, -0.25) is 4.90 Å². The summed E-state index contributed by atoms with van der Waals surface area (Å²) in [6.07, 6.45) is 0. The van der Waals surface area contributed by atoms with Gasteiger partial charge in [-0.2, -0.15) is 0 Å². The summed E-state index contributed by atoms with van der Waals surface area (Å²) in [5.41, 5.74) is 6.46. The number of thiocarbonyl (C=S) groups is 1. The van der Waals surface area contributed by atoms with Crippen LogP contribution >= 0.6 is 12.2 Å². The van der Waals surface area contributed by atoms with Crippen LogP contribution in [0.1, 0.15) is 5.56 Å². The van der Waals surface area contributed by atoms with Gasteiger partial charge in [-0.25, -0.2) is 0 Å². The van der Waals surface area contributed by atoms with Gasteiger partial charge in [0, 0.05) is 13.1 Å². The first kappa shape index (κ1) is 10.9. The Bertz CT molecular complexity index is 328. The van der Waals surface area contributed by atoms with E-state index in [0.717, 1.165) is 12.1 Å². The summed E-state index contributed by atoms with van der Waals surface area (Å²) < 4.78 is 0. The van der Waals surface area contributed by atoms with Gasteiger partial charge in [0.2, 0.25) is 0 Å². The largest absolute Gasteiger partial charge is 0.508 e. The molecule has 0 saturated heterocycles. The van der Waals surface area contributed by atoms with Crippen molar-refractivity contribution in [3.8, 4) is 5.75 Å². The molecule has 0 bridgehead atoms. The van der Waals surface area contributed by atoms with Crippen molar-refractivity contribution in [2.24, 2.45) is 5.73 Å². The molecule has 0 unspecified atom stereocenters. The van der Waals surface area contributed by atoms with Crippen LogP contribution in [0.15, 0.2) is 24.3 Å². The molecule has 1 aromatic rings. The average molecular weight is 210 g/mol. The second-order valence-corrected chi connectivity index (χ2v) is 3.83. The summed E-state index contributed by atoms with van der Waals surface area (Å²) in [6.45, 7) is 1.32. The zero-order chi connectivity index (χ0) is 10.6. The van der Waals surface area contributed by atoms with Crippen molar-refractivity contribution < 1.29 is 5.11 Å². The van der Waals surface area contributed by atoms with E-state index in [9.17, 15) is 5.11 Å². The molecule has 0 radical (unpaired) electrons. The van der Waals surface area contributed by atoms with Gasteiger partial charge in [0.25, 0.3) is 0 Å². The molecule has 0 aliphatic rings. The molecular formula is C10H14N2OS. The molecule has 0 spiro atoms. The van der Waals surface area contributed by atoms with E-state index in [-0.39, 0.29) is 5.75 Å². The smallest absolute Gasteiger partial charge is 0.115 e. The van der Waals surface area contributed by atoms with Crippen LogP contribution in [0.5, 0.6) is 5.75 Å². The Hall–Kier alpha value is -1.13. The van der Waals surface area contributed by atoms with Gasteiger partial charge in [0.15, 0.2) is 0 Å². The number of phenols is 1. The number of hydrogen-bond donors (Lipinski definition) is 2. The molecule has 0 saturated carbocycles. The number of nitrogens with zero attached hydrogens (tertiary/aromatic N) is 1. The van der Waals surface area contributed by atoms with E-state index in [1.54, 1.807) is 12.1 Å². The quantitative estimate of drug-likeness (QED) is 0.731. The second-order valence-electron chi connectivity index (χ2n) is 3.31. The van der Waals surface area contributed by atoms with E-state index >= 15 is 0 Å². The van der Waals surface area contributed by atoms with Crippen LogP contribution in [0.4, 0.5) is 0 Å². The van der Waals surface area contributed by atoms with E-state index < -0.39 is 0 Å². The maximum absolute atomic E-state index is 9.24. The lowest BCUT2D eigenvalue weighted by Gasteiger charge is -2.15. The molecule has 0 aliphatic heterocycles. The van der Waals surface area contributed by atoms with Crippen molar-refractivity contribution in [1.82, 2.24) is 4.90 Å². The van der Waals surface area contributed by atoms with Crippen LogP contribution < -0.4 is 5.73 Å². The number of likely N-dealkylation sites (N-methyl/N-ethyl adjacent to an activating group) is 1. The molecule has 0 atom stereocenters. The van der Waals surface area contributed by atoms with Crippen LogP contribution in [-0.2, 0) is 6.54 Å². The van der Waals surface area contributed by atoms with E-state index in [0.29, 0.717) is 11.5 Å². The first-order valence-corrected chi connectivity index (χ1v) is 4.73. The highest BCUT2D eigenvalue weighted by Gasteiger charge is 2.01. The van der Waals surface area contributed by atoms with Gasteiger partial charge >= 0.3 is 0 Å². The first-order chi connectivity index (χ1) is 6.58. The SMILES string of the molecule is CN(CC(N)=S)Cc1cccc(O)c1. The average Bonchev–Trinajstić information content (AvgIpc) is 2.01. The summed E-state index contributed by atoms with van der Waals surface area (Å²) in [5.74, 6) is 0.284. The minimum atomic E-state index is 0.284. The Kier molecular flexibility index (Phi) is 3.85. The predicted octanol–water partition coefficient (Wildman–Crippen LogP) is 1.11. The Labute approximate surface area is 89.1 Å². The molecule has 76 valence electrons. The van der Waals surface area contributed by atoms with Crippen LogP contribution in [0, 0.1) is 0 Å². The lowest BCUT2D eigenvalue weighted by atomic mass is 10.2. The molecule has 3 N–H and O–H groups in total. The van der Waals surface area contributed by atoms with Gasteiger partial charge in [0.05, 0.1) is 4.99 Å². The summed E-state index contributed by atoms with van der Waals surface area (Å²) >= 11 is 4.80. The summed E-state index contributed by atoms with van der Waals surface area (Å²) in [4.78, 5) is 2.48. The van der Waals surface area contributed by atoms with Crippen molar-refractivity contribution in [1.29, 1.82) is 0 Å². The lowest BCUT2D eigenvalue weighted by Crippen LogP contribution is -2.28. The second kappa shape index (κ2) is 4.93. The Morgan fingerprint density at radius 2 is 2.29 bits per heavy atom. The molecular weight excluding hydrogens is 196 g/mol. The zero-order valence-electron chi connectivity index (χ0n) is 8.10. The van der Waals surface area contributed by atoms with Crippen LogP contribution in [0.3, 0.4) is 0 Å². The molecule has 1 rings (SSSR count). The topological polar surface area (TPSA) is 49.5 Å². The Morgan fingerprint density at radius 3 is 2.86 bits per heavy atom. The van der Waals surface area contributed by atoms with Crippen molar-refractivity contribution in [3.63, 3.8) is 0 Å². The fourth-order valence-corrected chi connectivity index (χ4v) is 1.51. The fourth-order valence-electron chi connectivity index (χ4n) is 1.29. The molecule has 0 amide bonds. The van der Waals surface area contributed by atoms with Crippen LogP contribution in [0.25, 0.3) is 0 Å². The number of aromatic hydroxyl groups is 1. The molecule has 0 aliphatic carbocycles. The molecule has 3 nitrogen and oxygen atoms in total. The molecule has 4 heteroatoms. The van der Waals surface area contributed by atoms with Crippen LogP contribution in [-0.4, -0.2) is 28.6 Å². The fraction of sp³-hybridized carbons (Fsp3) is 0.300. The Morgan fingerprint density at radius 1 is 1.57 bits per heavy atom. The standard InChI is InChI=1S/C10H14N2OS/c1-12(7-10(11)14)6-8-3-2-4-9(13)5-8/h2-5,13H,6-7H2,1H3,(H2,11,14). The van der Waals surface area contributed by atoms with Crippen molar-refractivity contribution in [2.75, 3.05) is 13.6 Å². The first-order valence-electron chi connectivity index (χ1n) is 4.32. The van der Waals surface area contributed by atoms with Crippen LogP contribution in [0.2, 0.25) is 0 Å². The van der Waals surface area contributed by atoms with Crippen molar-refractivity contribution in [2.45, 2.75) is 6.54 Å². The number of hydrogen-bond acceptors (Lipinski definition) is 3. The van der Waals surface area contributed by atoms with E-state index in [2.05, 4.69) is 0 Å². The highest BCUT2D eigenvalue weighted by molar-refractivity contribution is 7.80. The number of nitrogens with two attached hydrogens (primary N) is 1. The van der Waals surface area contributed by atoms with Gasteiger partial charge in [-0.05, 0) is 24.7 Å². The number of phenolic OH excluding ortho intramolecular Hbond substituents is 1. The molecule has 0 fully saturated rings. The maximum Gasteiger partial charge on any atom is 0.115 e. The molecule has 0 aromatic heterocycles. The minimum Gasteiger partial charge on any atom is -0.508 e. The Balaban J connectivity index is 2.55. The highest BCUT2D eigenvalue weighted by Crippen LogP contribution is 2.11. The lowest BCUT2D eigenvalue weighted by molar-refractivity contribution is 0.373. The highest BCUT2D eigenvalue weighted by atomic mass is 32.1. The molecule has 14 heavy (non-hydrogen) atoms. The van der Waals surface area contributed by atoms with E-state index in [4.69, 9.17) is 18.0 Å². The van der Waals surface area contributed by atoms with Gasteiger partial charge in [-0.1, -0.05) is 24.4 Å². The van der Waals surface area contributed by atoms with Crippen molar-refractivity contribution >= 4 is 17.2 Å². The number of benzene rings is 1. The third-order valence-corrected chi connectivity index (χ3v) is 1.92. The third kappa shape index (κ3) is 3.72. The van der Waals surface area contributed by atoms with Gasteiger partial charge < -0.3 is 10.8 Å². The summed E-state index contributed by atoms with van der Waals surface area (Å²) in [7, 11) is 1.93. The summed E-state index contributed by atoms with van der Waals surface area (Å²) in [5, 5.41) is 9.24. The predicted molar refractivity (Wildman–Crippen MR) is 61.2 cm³/mol. The zero-order valence-corrected chi connectivity index (χ0v) is 8.92. The normalized spacial score (nSPS) is 10.4. The molecule has 0 heterocycles. The van der Waals surface area contributed by atoms with Gasteiger partial charge in [-0.15, -0.1) is 0 Å². The number of rotatable bonds is 4. The minimum absolute atomic E-state index is 0.284. The maximum atomic E-state index is 9.24. The van der Waals surface area contributed by atoms with E-state index in [1.807, 2.05) is 24.1 Å². The third-order valence-electron chi connectivity index (χ3n) is 1.79. The summed E-state index contributed by atoms with van der Waals surface area (Å²) in [6, 6.07) is 7.15. The van der Waals surface area contributed by atoms with E-state index in [1.165, 1.54) is 0 Å². The monoisotopic (exact) mass is 210 g/mol.